The van der Waals surface area contributed by atoms with Crippen molar-refractivity contribution in [3.05, 3.63) is 60.2 Å². The SMILES string of the molecule is COc1ccc(OC)c(N(CC(=O)N[C@@H](C)c2ccc3c(c2)OCCO3)S(=O)(=O)c2ccc(OC)c(OC)c2)c1. The lowest BCUT2D eigenvalue weighted by molar-refractivity contribution is -0.120. The Kier molecular flexibility index (Phi) is 8.78. The second-order valence-electron chi connectivity index (χ2n) is 8.76. The largest absolute Gasteiger partial charge is 0.497 e. The average Bonchev–Trinajstić information content (AvgIpc) is 2.98. The fourth-order valence-electron chi connectivity index (χ4n) is 4.23. The van der Waals surface area contributed by atoms with Crippen LogP contribution in [0, 0.1) is 0 Å². The van der Waals surface area contributed by atoms with Crippen molar-refractivity contribution in [1.29, 1.82) is 0 Å². The number of rotatable bonds is 11. The molecule has 3 aromatic rings. The summed E-state index contributed by atoms with van der Waals surface area (Å²) in [5, 5.41) is 2.88. The van der Waals surface area contributed by atoms with Crippen molar-refractivity contribution >= 4 is 21.6 Å². The Morgan fingerprint density at radius 1 is 0.850 bits per heavy atom. The van der Waals surface area contributed by atoms with Gasteiger partial charge in [-0.2, -0.15) is 0 Å². The van der Waals surface area contributed by atoms with Crippen LogP contribution in [0.15, 0.2) is 59.5 Å². The van der Waals surface area contributed by atoms with Crippen LogP contribution in [-0.4, -0.2) is 62.5 Å². The molecule has 1 atom stereocenters. The highest BCUT2D eigenvalue weighted by Crippen LogP contribution is 2.38. The highest BCUT2D eigenvalue weighted by Gasteiger charge is 2.31. The second kappa shape index (κ2) is 12.2. The average molecular weight is 573 g/mol. The number of methoxy groups -OCH3 is 4. The fourth-order valence-corrected chi connectivity index (χ4v) is 5.67. The van der Waals surface area contributed by atoms with Crippen LogP contribution in [0.25, 0.3) is 0 Å². The van der Waals surface area contributed by atoms with E-state index in [0.717, 1.165) is 9.87 Å². The lowest BCUT2D eigenvalue weighted by atomic mass is 10.1. The zero-order valence-corrected chi connectivity index (χ0v) is 23.7. The number of nitrogens with one attached hydrogen (secondary N) is 1. The Labute approximate surface area is 233 Å². The number of hydrogen-bond acceptors (Lipinski definition) is 9. The van der Waals surface area contributed by atoms with E-state index in [9.17, 15) is 13.2 Å². The molecule has 11 nitrogen and oxygen atoms in total. The second-order valence-corrected chi connectivity index (χ2v) is 10.6. The summed E-state index contributed by atoms with van der Waals surface area (Å²) < 4.78 is 61.6. The third-order valence-corrected chi connectivity index (χ3v) is 8.08. The van der Waals surface area contributed by atoms with E-state index >= 15 is 0 Å². The summed E-state index contributed by atoms with van der Waals surface area (Å²) in [6.07, 6.45) is 0. The summed E-state index contributed by atoms with van der Waals surface area (Å²) in [5.41, 5.74) is 0.893. The lowest BCUT2D eigenvalue weighted by Crippen LogP contribution is -2.41. The van der Waals surface area contributed by atoms with Gasteiger partial charge >= 0.3 is 0 Å². The van der Waals surface area contributed by atoms with E-state index in [4.69, 9.17) is 28.4 Å². The Bertz CT molecular complexity index is 1480. The van der Waals surface area contributed by atoms with Crippen molar-refractivity contribution in [1.82, 2.24) is 5.32 Å². The maximum absolute atomic E-state index is 14.0. The number of carbonyl (C=O) groups excluding carboxylic acids is 1. The Hall–Kier alpha value is -4.32. The predicted octanol–water partition coefficient (Wildman–Crippen LogP) is 3.56. The maximum Gasteiger partial charge on any atom is 0.265 e. The molecule has 0 saturated carbocycles. The van der Waals surface area contributed by atoms with Crippen molar-refractivity contribution in [2.45, 2.75) is 17.9 Å². The molecular weight excluding hydrogens is 540 g/mol. The standard InChI is InChI=1S/C28H32N2O9S/c1-18(19-6-9-25-27(14-19)39-13-12-38-25)29-28(31)17-30(22-15-20(34-2)7-10-23(22)35-3)40(32,33)21-8-11-24(36-4)26(16-21)37-5/h6-11,14-16,18H,12-13,17H2,1-5H3,(H,29,31)/t18-/m0/s1. The molecule has 1 heterocycles. The minimum atomic E-state index is -4.31. The first kappa shape index (κ1) is 28.7. The topological polar surface area (TPSA) is 122 Å². The van der Waals surface area contributed by atoms with Gasteiger partial charge in [0.15, 0.2) is 23.0 Å². The molecule has 0 bridgehead atoms. The van der Waals surface area contributed by atoms with Gasteiger partial charge in [-0.15, -0.1) is 0 Å². The third-order valence-electron chi connectivity index (χ3n) is 6.33. The van der Waals surface area contributed by atoms with Crippen LogP contribution in [-0.2, 0) is 14.8 Å². The van der Waals surface area contributed by atoms with Gasteiger partial charge in [0.1, 0.15) is 31.3 Å². The molecule has 1 aliphatic heterocycles. The summed E-state index contributed by atoms with van der Waals surface area (Å²) >= 11 is 0. The van der Waals surface area contributed by atoms with Gasteiger partial charge in [0.25, 0.3) is 10.0 Å². The predicted molar refractivity (Wildman–Crippen MR) is 148 cm³/mol. The molecule has 0 spiro atoms. The molecule has 0 fully saturated rings. The number of benzene rings is 3. The third kappa shape index (κ3) is 5.96. The first-order chi connectivity index (χ1) is 19.2. The molecule has 12 heteroatoms. The van der Waals surface area contributed by atoms with Crippen LogP contribution >= 0.6 is 0 Å². The van der Waals surface area contributed by atoms with Gasteiger partial charge < -0.3 is 33.7 Å². The molecule has 1 aliphatic rings. The monoisotopic (exact) mass is 572 g/mol. The van der Waals surface area contributed by atoms with Crippen molar-refractivity contribution in [3.8, 4) is 34.5 Å². The van der Waals surface area contributed by atoms with Gasteiger partial charge in [-0.05, 0) is 48.9 Å². The van der Waals surface area contributed by atoms with Crippen LogP contribution in [0.2, 0.25) is 0 Å². The van der Waals surface area contributed by atoms with Crippen LogP contribution in [0.4, 0.5) is 5.69 Å². The lowest BCUT2D eigenvalue weighted by Gasteiger charge is -2.27. The summed E-state index contributed by atoms with van der Waals surface area (Å²) in [5.74, 6) is 1.87. The zero-order valence-electron chi connectivity index (χ0n) is 22.9. The van der Waals surface area contributed by atoms with Crippen molar-refractivity contribution in [2.75, 3.05) is 52.5 Å². The normalized spacial score (nSPS) is 13.1. The fraction of sp³-hybridized carbons (Fsp3) is 0.321. The van der Waals surface area contributed by atoms with Gasteiger partial charge in [-0.25, -0.2) is 8.42 Å². The Morgan fingerprint density at radius 3 is 2.20 bits per heavy atom. The van der Waals surface area contributed by atoms with Gasteiger partial charge in [0.05, 0.1) is 45.1 Å². The molecule has 1 amide bonds. The zero-order chi connectivity index (χ0) is 28.9. The number of hydrogen-bond donors (Lipinski definition) is 1. The van der Waals surface area contributed by atoms with Crippen molar-refractivity contribution in [3.63, 3.8) is 0 Å². The molecule has 40 heavy (non-hydrogen) atoms. The van der Waals surface area contributed by atoms with Crippen LogP contribution in [0.1, 0.15) is 18.5 Å². The van der Waals surface area contributed by atoms with Gasteiger partial charge in [0.2, 0.25) is 5.91 Å². The van der Waals surface area contributed by atoms with Crippen LogP contribution in [0.3, 0.4) is 0 Å². The number of fused-ring (bicyclic) bond motifs is 1. The molecule has 0 aromatic heterocycles. The quantitative estimate of drug-likeness (QED) is 0.368. The number of amides is 1. The first-order valence-electron chi connectivity index (χ1n) is 12.4. The Morgan fingerprint density at radius 2 is 1.52 bits per heavy atom. The van der Waals surface area contributed by atoms with E-state index < -0.39 is 28.5 Å². The van der Waals surface area contributed by atoms with E-state index in [1.165, 1.54) is 52.7 Å². The van der Waals surface area contributed by atoms with Gasteiger partial charge in [-0.1, -0.05) is 6.07 Å². The first-order valence-corrected chi connectivity index (χ1v) is 13.8. The number of anilines is 1. The molecule has 4 rings (SSSR count). The number of ether oxygens (including phenoxy) is 6. The highest BCUT2D eigenvalue weighted by molar-refractivity contribution is 7.92. The van der Waals surface area contributed by atoms with Crippen molar-refractivity contribution in [2.24, 2.45) is 0 Å². The van der Waals surface area contributed by atoms with Crippen molar-refractivity contribution < 1.29 is 41.6 Å². The van der Waals surface area contributed by atoms with Crippen LogP contribution in [0.5, 0.6) is 34.5 Å². The van der Waals surface area contributed by atoms with E-state index in [2.05, 4.69) is 5.32 Å². The summed E-state index contributed by atoms with van der Waals surface area (Å²) in [7, 11) is 1.42. The molecule has 0 aliphatic carbocycles. The van der Waals surface area contributed by atoms with E-state index in [1.54, 1.807) is 31.2 Å². The van der Waals surface area contributed by atoms with Crippen LogP contribution < -0.4 is 38.0 Å². The molecule has 3 aromatic carbocycles. The smallest absolute Gasteiger partial charge is 0.265 e. The van der Waals surface area contributed by atoms with Gasteiger partial charge in [0, 0.05) is 12.1 Å². The molecule has 0 radical (unpaired) electrons. The molecule has 1 N–H and O–H groups in total. The molecular formula is C28H32N2O9S. The Balaban J connectivity index is 1.69. The highest BCUT2D eigenvalue weighted by atomic mass is 32.2. The maximum atomic E-state index is 14.0. The minimum absolute atomic E-state index is 0.109. The molecule has 214 valence electrons. The summed E-state index contributed by atoms with van der Waals surface area (Å²) in [6.45, 7) is 2.15. The minimum Gasteiger partial charge on any atom is -0.497 e. The van der Waals surface area contributed by atoms with E-state index in [1.807, 2.05) is 6.07 Å². The number of nitrogens with zero attached hydrogens (tertiary/aromatic N) is 1. The summed E-state index contributed by atoms with van der Waals surface area (Å²) in [6, 6.07) is 13.8. The number of sulfonamides is 1. The summed E-state index contributed by atoms with van der Waals surface area (Å²) in [4.78, 5) is 13.3. The molecule has 0 saturated heterocycles. The van der Waals surface area contributed by atoms with E-state index in [0.29, 0.717) is 36.2 Å². The number of carbonyl (C=O) groups is 1. The molecule has 0 unspecified atom stereocenters. The van der Waals surface area contributed by atoms with Gasteiger partial charge in [-0.3, -0.25) is 9.10 Å². The van der Waals surface area contributed by atoms with E-state index in [-0.39, 0.29) is 22.1 Å².